The summed E-state index contributed by atoms with van der Waals surface area (Å²) < 4.78 is 42.2. The molecular weight excluding hydrogens is 301 g/mol. The molecule has 1 fully saturated rings. The van der Waals surface area contributed by atoms with E-state index in [4.69, 9.17) is 5.73 Å². The fraction of sp³-hybridized carbons (Fsp3) is 0.571. The van der Waals surface area contributed by atoms with Gasteiger partial charge in [0, 0.05) is 23.4 Å². The molecule has 21 heavy (non-hydrogen) atoms. The standard InChI is InChI=1S/C14H19F3N2OS/c1-2-21-13-5-3-4-10(13)19-11-7-12(20-14(16)17)8(15)6-9(11)18/h6-7,10,13-14,19H,2-5,18H2,1H3. The number of rotatable bonds is 6. The highest BCUT2D eigenvalue weighted by molar-refractivity contribution is 7.99. The van der Waals surface area contributed by atoms with Gasteiger partial charge in [0.1, 0.15) is 0 Å². The highest BCUT2D eigenvalue weighted by Crippen LogP contribution is 2.35. The second-order valence-electron chi connectivity index (χ2n) is 4.92. The maximum Gasteiger partial charge on any atom is 0.387 e. The average molecular weight is 320 g/mol. The Balaban J connectivity index is 2.15. The Morgan fingerprint density at radius 2 is 2.19 bits per heavy atom. The minimum atomic E-state index is -3.06. The van der Waals surface area contributed by atoms with E-state index in [0.29, 0.717) is 10.9 Å². The number of hydrogen-bond donors (Lipinski definition) is 2. The minimum absolute atomic E-state index is 0.196. The monoisotopic (exact) mass is 320 g/mol. The molecule has 0 bridgehead atoms. The van der Waals surface area contributed by atoms with Gasteiger partial charge in [0.15, 0.2) is 11.6 Å². The van der Waals surface area contributed by atoms with Crippen LogP contribution in [0.2, 0.25) is 0 Å². The van der Waals surface area contributed by atoms with E-state index < -0.39 is 18.2 Å². The van der Waals surface area contributed by atoms with E-state index in [9.17, 15) is 13.2 Å². The summed E-state index contributed by atoms with van der Waals surface area (Å²) in [7, 11) is 0. The van der Waals surface area contributed by atoms with Gasteiger partial charge in [-0.25, -0.2) is 4.39 Å². The van der Waals surface area contributed by atoms with Gasteiger partial charge in [-0.3, -0.25) is 0 Å². The molecular formula is C14H19F3N2OS. The molecule has 1 saturated carbocycles. The van der Waals surface area contributed by atoms with Gasteiger partial charge in [-0.1, -0.05) is 13.3 Å². The number of nitrogen functional groups attached to an aromatic ring is 1. The molecule has 1 aromatic carbocycles. The maximum absolute atomic E-state index is 13.5. The number of ether oxygens (including phenoxy) is 1. The van der Waals surface area contributed by atoms with Crippen LogP contribution in [0.1, 0.15) is 26.2 Å². The smallest absolute Gasteiger partial charge is 0.387 e. The Morgan fingerprint density at radius 3 is 2.86 bits per heavy atom. The Hall–Kier alpha value is -1.24. The molecule has 1 aliphatic rings. The summed E-state index contributed by atoms with van der Waals surface area (Å²) in [4.78, 5) is 0. The van der Waals surface area contributed by atoms with Crippen molar-refractivity contribution in [3.8, 4) is 5.75 Å². The molecule has 3 N–H and O–H groups in total. The third-order valence-corrected chi connectivity index (χ3v) is 4.82. The van der Waals surface area contributed by atoms with Gasteiger partial charge in [0.05, 0.1) is 11.4 Å². The molecule has 0 aliphatic heterocycles. The zero-order chi connectivity index (χ0) is 15.4. The zero-order valence-corrected chi connectivity index (χ0v) is 12.6. The van der Waals surface area contributed by atoms with Crippen molar-refractivity contribution in [3.05, 3.63) is 17.9 Å². The molecule has 0 spiro atoms. The van der Waals surface area contributed by atoms with Crippen molar-refractivity contribution < 1.29 is 17.9 Å². The quantitative estimate of drug-likeness (QED) is 0.775. The second-order valence-corrected chi connectivity index (χ2v) is 6.44. The summed E-state index contributed by atoms with van der Waals surface area (Å²) in [6.07, 6.45) is 3.20. The van der Waals surface area contributed by atoms with E-state index in [0.717, 1.165) is 31.1 Å². The SMILES string of the molecule is CCSC1CCCC1Nc1cc(OC(F)F)c(F)cc1N. The van der Waals surface area contributed by atoms with Crippen LogP contribution in [0.15, 0.2) is 12.1 Å². The van der Waals surface area contributed by atoms with Crippen molar-refractivity contribution in [2.75, 3.05) is 16.8 Å². The molecule has 0 aromatic heterocycles. The second kappa shape index (κ2) is 7.15. The lowest BCUT2D eigenvalue weighted by Crippen LogP contribution is -2.26. The van der Waals surface area contributed by atoms with Crippen LogP contribution < -0.4 is 15.8 Å². The van der Waals surface area contributed by atoms with E-state index in [2.05, 4.69) is 17.0 Å². The van der Waals surface area contributed by atoms with E-state index in [1.54, 1.807) is 0 Å². The first-order valence-corrected chi connectivity index (χ1v) is 7.98. The summed E-state index contributed by atoms with van der Waals surface area (Å²) in [6, 6.07) is 2.43. The number of hydrogen-bond acceptors (Lipinski definition) is 4. The summed E-state index contributed by atoms with van der Waals surface area (Å²) in [5.41, 5.74) is 6.41. The van der Waals surface area contributed by atoms with Crippen LogP contribution in [-0.4, -0.2) is 23.7 Å². The van der Waals surface area contributed by atoms with E-state index in [1.165, 1.54) is 6.07 Å². The number of benzene rings is 1. The molecule has 1 aliphatic carbocycles. The highest BCUT2D eigenvalue weighted by Gasteiger charge is 2.27. The van der Waals surface area contributed by atoms with E-state index in [-0.39, 0.29) is 11.7 Å². The molecule has 2 unspecified atom stereocenters. The lowest BCUT2D eigenvalue weighted by atomic mass is 10.2. The number of nitrogens with two attached hydrogens (primary N) is 1. The normalized spacial score (nSPS) is 21.8. The van der Waals surface area contributed by atoms with Crippen LogP contribution in [0.3, 0.4) is 0 Å². The Kier molecular flexibility index (Phi) is 5.50. The fourth-order valence-corrected chi connectivity index (χ4v) is 3.78. The lowest BCUT2D eigenvalue weighted by Gasteiger charge is -2.22. The number of thioether (sulfide) groups is 1. The lowest BCUT2D eigenvalue weighted by molar-refractivity contribution is -0.0521. The predicted octanol–water partition coefficient (Wildman–Crippen LogP) is 4.10. The number of halogens is 3. The van der Waals surface area contributed by atoms with Gasteiger partial charge in [-0.2, -0.15) is 20.5 Å². The van der Waals surface area contributed by atoms with Crippen LogP contribution in [0.25, 0.3) is 0 Å². The van der Waals surface area contributed by atoms with Crippen molar-refractivity contribution in [1.82, 2.24) is 0 Å². The van der Waals surface area contributed by atoms with Crippen LogP contribution in [0.5, 0.6) is 5.75 Å². The summed E-state index contributed by atoms with van der Waals surface area (Å²) in [6.45, 7) is -0.966. The number of alkyl halides is 2. The van der Waals surface area contributed by atoms with Gasteiger partial charge < -0.3 is 15.8 Å². The first-order valence-electron chi connectivity index (χ1n) is 6.93. The van der Waals surface area contributed by atoms with Gasteiger partial charge in [-0.15, -0.1) is 0 Å². The van der Waals surface area contributed by atoms with Crippen molar-refractivity contribution in [3.63, 3.8) is 0 Å². The minimum Gasteiger partial charge on any atom is -0.432 e. The summed E-state index contributed by atoms with van der Waals surface area (Å²) in [5.74, 6) is -0.356. The maximum atomic E-state index is 13.5. The summed E-state index contributed by atoms with van der Waals surface area (Å²) in [5, 5.41) is 3.70. The third kappa shape index (κ3) is 4.12. The molecule has 7 heteroatoms. The first kappa shape index (κ1) is 16.1. The van der Waals surface area contributed by atoms with Crippen molar-refractivity contribution in [1.29, 1.82) is 0 Å². The third-order valence-electron chi connectivity index (χ3n) is 3.49. The zero-order valence-electron chi connectivity index (χ0n) is 11.7. The molecule has 0 heterocycles. The van der Waals surface area contributed by atoms with Gasteiger partial charge in [0.2, 0.25) is 0 Å². The van der Waals surface area contributed by atoms with E-state index in [1.807, 2.05) is 11.8 Å². The predicted molar refractivity (Wildman–Crippen MR) is 80.6 cm³/mol. The molecule has 2 atom stereocenters. The number of anilines is 2. The fourth-order valence-electron chi connectivity index (χ4n) is 2.58. The average Bonchev–Trinajstić information content (AvgIpc) is 2.82. The summed E-state index contributed by atoms with van der Waals surface area (Å²) >= 11 is 1.86. The number of nitrogens with one attached hydrogen (secondary N) is 1. The largest absolute Gasteiger partial charge is 0.432 e. The van der Waals surface area contributed by atoms with Crippen LogP contribution in [0.4, 0.5) is 24.5 Å². The molecule has 118 valence electrons. The topological polar surface area (TPSA) is 47.3 Å². The molecule has 0 saturated heterocycles. The molecule has 3 nitrogen and oxygen atoms in total. The van der Waals surface area contributed by atoms with Crippen molar-refractivity contribution in [2.45, 2.75) is 44.1 Å². The molecule has 0 radical (unpaired) electrons. The first-order chi connectivity index (χ1) is 10.0. The molecule has 1 aromatic rings. The van der Waals surface area contributed by atoms with Gasteiger partial charge in [0.25, 0.3) is 0 Å². The van der Waals surface area contributed by atoms with Crippen LogP contribution >= 0.6 is 11.8 Å². The molecule has 2 rings (SSSR count). The van der Waals surface area contributed by atoms with Crippen LogP contribution in [-0.2, 0) is 0 Å². The van der Waals surface area contributed by atoms with Crippen LogP contribution in [0, 0.1) is 5.82 Å². The van der Waals surface area contributed by atoms with Gasteiger partial charge >= 0.3 is 6.61 Å². The van der Waals surface area contributed by atoms with Gasteiger partial charge in [-0.05, 0) is 18.6 Å². The van der Waals surface area contributed by atoms with Crippen molar-refractivity contribution in [2.24, 2.45) is 0 Å². The Bertz CT molecular complexity index is 488. The van der Waals surface area contributed by atoms with E-state index >= 15 is 0 Å². The Morgan fingerprint density at radius 1 is 1.43 bits per heavy atom. The molecule has 0 amide bonds. The Labute approximate surface area is 126 Å². The highest BCUT2D eigenvalue weighted by atomic mass is 32.2. The van der Waals surface area contributed by atoms with Crippen molar-refractivity contribution >= 4 is 23.1 Å².